The Balaban J connectivity index is 2.71. The molecule has 0 aliphatic heterocycles. The molecule has 1 nitrogen and oxygen atoms in total. The van der Waals surface area contributed by atoms with E-state index in [1.807, 2.05) is 13.0 Å². The maximum atomic E-state index is 3.25. The molecule has 1 aromatic carbocycles. The maximum Gasteiger partial charge on any atom is 0.0340 e. The summed E-state index contributed by atoms with van der Waals surface area (Å²) < 4.78 is 0. The average Bonchev–Trinajstić information content (AvgIpc) is 2.09. The van der Waals surface area contributed by atoms with Crippen LogP contribution in [0.25, 0.3) is 6.08 Å². The van der Waals surface area contributed by atoms with E-state index in [2.05, 4.69) is 42.6 Å². The molecule has 0 radical (unpaired) electrons. The summed E-state index contributed by atoms with van der Waals surface area (Å²) in [6, 6.07) is 8.41. The summed E-state index contributed by atoms with van der Waals surface area (Å²) in [4.78, 5) is 0. The van der Waals surface area contributed by atoms with E-state index in [0.717, 1.165) is 6.54 Å². The van der Waals surface area contributed by atoms with Crippen LogP contribution in [-0.4, -0.2) is 6.54 Å². The van der Waals surface area contributed by atoms with Crippen LogP contribution < -0.4 is 5.32 Å². The van der Waals surface area contributed by atoms with Gasteiger partial charge in [0.2, 0.25) is 0 Å². The molecule has 12 heavy (non-hydrogen) atoms. The standard InChI is InChI=1S/C11H15N/c1-3-5-10-6-8-11(9-7-10)12-4-2/h3,5-9,12H,4H2,1-2H3/b5-3+. The molecular weight excluding hydrogens is 146 g/mol. The van der Waals surface area contributed by atoms with Crippen molar-refractivity contribution in [1.29, 1.82) is 0 Å². The van der Waals surface area contributed by atoms with E-state index >= 15 is 0 Å². The molecule has 0 bridgehead atoms. The van der Waals surface area contributed by atoms with Gasteiger partial charge in [-0.2, -0.15) is 0 Å². The van der Waals surface area contributed by atoms with Gasteiger partial charge in [0.15, 0.2) is 0 Å². The molecule has 0 unspecified atom stereocenters. The zero-order valence-electron chi connectivity index (χ0n) is 7.67. The second-order valence-electron chi connectivity index (χ2n) is 2.65. The lowest BCUT2D eigenvalue weighted by Crippen LogP contribution is -1.95. The van der Waals surface area contributed by atoms with E-state index in [9.17, 15) is 0 Å². The van der Waals surface area contributed by atoms with Gasteiger partial charge in [0.05, 0.1) is 0 Å². The maximum absolute atomic E-state index is 3.25. The summed E-state index contributed by atoms with van der Waals surface area (Å²) in [7, 11) is 0. The van der Waals surface area contributed by atoms with E-state index in [-0.39, 0.29) is 0 Å². The highest BCUT2D eigenvalue weighted by atomic mass is 14.8. The third kappa shape index (κ3) is 2.42. The predicted molar refractivity (Wildman–Crippen MR) is 55.3 cm³/mol. The molecule has 0 heterocycles. The largest absolute Gasteiger partial charge is 0.385 e. The minimum absolute atomic E-state index is 0.975. The Morgan fingerprint density at radius 1 is 1.25 bits per heavy atom. The quantitative estimate of drug-likeness (QED) is 0.718. The number of rotatable bonds is 3. The number of nitrogens with one attached hydrogen (secondary N) is 1. The third-order valence-electron chi connectivity index (χ3n) is 1.65. The zero-order chi connectivity index (χ0) is 8.81. The topological polar surface area (TPSA) is 12.0 Å². The first-order valence-electron chi connectivity index (χ1n) is 4.33. The smallest absolute Gasteiger partial charge is 0.0340 e. The highest BCUT2D eigenvalue weighted by Crippen LogP contribution is 2.09. The van der Waals surface area contributed by atoms with Crippen LogP contribution in [0.15, 0.2) is 30.3 Å². The summed E-state index contributed by atoms with van der Waals surface area (Å²) in [6.45, 7) is 5.10. The van der Waals surface area contributed by atoms with Crippen molar-refractivity contribution in [3.05, 3.63) is 35.9 Å². The molecule has 0 amide bonds. The minimum Gasteiger partial charge on any atom is -0.385 e. The first kappa shape index (κ1) is 8.85. The average molecular weight is 161 g/mol. The molecule has 0 aromatic heterocycles. The monoisotopic (exact) mass is 161 g/mol. The van der Waals surface area contributed by atoms with Gasteiger partial charge >= 0.3 is 0 Å². The molecule has 0 fully saturated rings. The van der Waals surface area contributed by atoms with Gasteiger partial charge < -0.3 is 5.32 Å². The number of hydrogen-bond donors (Lipinski definition) is 1. The summed E-state index contributed by atoms with van der Waals surface area (Å²) in [5, 5.41) is 3.25. The van der Waals surface area contributed by atoms with Crippen molar-refractivity contribution in [1.82, 2.24) is 0 Å². The lowest BCUT2D eigenvalue weighted by atomic mass is 10.2. The van der Waals surface area contributed by atoms with Crippen LogP contribution in [0, 0.1) is 0 Å². The van der Waals surface area contributed by atoms with Crippen LogP contribution >= 0.6 is 0 Å². The SMILES string of the molecule is C/C=C/c1ccc(NCC)cc1. The first-order chi connectivity index (χ1) is 5.86. The first-order valence-corrected chi connectivity index (χ1v) is 4.33. The zero-order valence-corrected chi connectivity index (χ0v) is 7.67. The Morgan fingerprint density at radius 3 is 2.42 bits per heavy atom. The Kier molecular flexibility index (Phi) is 3.39. The fourth-order valence-corrected chi connectivity index (χ4v) is 1.11. The molecule has 0 aliphatic carbocycles. The van der Waals surface area contributed by atoms with Gasteiger partial charge in [-0.1, -0.05) is 24.3 Å². The number of hydrogen-bond acceptors (Lipinski definition) is 1. The van der Waals surface area contributed by atoms with Crippen LogP contribution in [0.4, 0.5) is 5.69 Å². The molecule has 1 heteroatoms. The lowest BCUT2D eigenvalue weighted by molar-refractivity contribution is 1.21. The van der Waals surface area contributed by atoms with Gasteiger partial charge in [-0.25, -0.2) is 0 Å². The molecule has 0 atom stereocenters. The predicted octanol–water partition coefficient (Wildman–Crippen LogP) is 3.15. The fourth-order valence-electron chi connectivity index (χ4n) is 1.11. The Hall–Kier alpha value is -1.24. The molecule has 1 aromatic rings. The van der Waals surface area contributed by atoms with Crippen molar-refractivity contribution >= 4 is 11.8 Å². The highest BCUT2D eigenvalue weighted by molar-refractivity contribution is 5.54. The number of allylic oxidation sites excluding steroid dienone is 1. The fraction of sp³-hybridized carbons (Fsp3) is 0.273. The van der Waals surface area contributed by atoms with Gasteiger partial charge in [0, 0.05) is 12.2 Å². The van der Waals surface area contributed by atoms with Crippen LogP contribution in [0.2, 0.25) is 0 Å². The molecular formula is C11H15N. The summed E-state index contributed by atoms with van der Waals surface area (Å²) in [5.41, 5.74) is 2.44. The van der Waals surface area contributed by atoms with Crippen LogP contribution in [0.1, 0.15) is 19.4 Å². The van der Waals surface area contributed by atoms with Crippen molar-refractivity contribution in [3.63, 3.8) is 0 Å². The number of anilines is 1. The summed E-state index contributed by atoms with van der Waals surface area (Å²) in [6.07, 6.45) is 4.14. The second-order valence-corrected chi connectivity index (χ2v) is 2.65. The molecule has 0 saturated heterocycles. The van der Waals surface area contributed by atoms with E-state index < -0.39 is 0 Å². The van der Waals surface area contributed by atoms with Gasteiger partial charge in [0.25, 0.3) is 0 Å². The summed E-state index contributed by atoms with van der Waals surface area (Å²) >= 11 is 0. The number of benzene rings is 1. The molecule has 0 saturated carbocycles. The van der Waals surface area contributed by atoms with Crippen molar-refractivity contribution < 1.29 is 0 Å². The van der Waals surface area contributed by atoms with E-state index in [1.54, 1.807) is 0 Å². The van der Waals surface area contributed by atoms with Crippen molar-refractivity contribution in [2.45, 2.75) is 13.8 Å². The molecule has 1 N–H and O–H groups in total. The minimum atomic E-state index is 0.975. The van der Waals surface area contributed by atoms with Crippen LogP contribution in [0.5, 0.6) is 0 Å². The molecule has 1 rings (SSSR count). The van der Waals surface area contributed by atoms with E-state index in [4.69, 9.17) is 0 Å². The van der Waals surface area contributed by atoms with Gasteiger partial charge in [-0.3, -0.25) is 0 Å². The normalized spacial score (nSPS) is 10.5. The van der Waals surface area contributed by atoms with Gasteiger partial charge in [0.1, 0.15) is 0 Å². The molecule has 0 spiro atoms. The Morgan fingerprint density at radius 2 is 1.92 bits per heavy atom. The van der Waals surface area contributed by atoms with E-state index in [1.165, 1.54) is 11.3 Å². The Labute approximate surface area is 74.1 Å². The highest BCUT2D eigenvalue weighted by Gasteiger charge is 1.88. The summed E-state index contributed by atoms with van der Waals surface area (Å²) in [5.74, 6) is 0. The van der Waals surface area contributed by atoms with Crippen LogP contribution in [0.3, 0.4) is 0 Å². The van der Waals surface area contributed by atoms with E-state index in [0.29, 0.717) is 0 Å². The van der Waals surface area contributed by atoms with Crippen molar-refractivity contribution in [2.75, 3.05) is 11.9 Å². The van der Waals surface area contributed by atoms with Gasteiger partial charge in [-0.05, 0) is 31.5 Å². The van der Waals surface area contributed by atoms with Crippen molar-refractivity contribution in [2.24, 2.45) is 0 Å². The second kappa shape index (κ2) is 4.60. The Bertz CT molecular complexity index is 246. The van der Waals surface area contributed by atoms with Crippen molar-refractivity contribution in [3.8, 4) is 0 Å². The third-order valence-corrected chi connectivity index (χ3v) is 1.65. The lowest BCUT2D eigenvalue weighted by Gasteiger charge is -2.02. The molecule has 64 valence electrons. The molecule has 0 aliphatic rings. The van der Waals surface area contributed by atoms with Crippen LogP contribution in [-0.2, 0) is 0 Å². The van der Waals surface area contributed by atoms with Gasteiger partial charge in [-0.15, -0.1) is 0 Å².